The Kier molecular flexibility index (Phi) is 6.47. The summed E-state index contributed by atoms with van der Waals surface area (Å²) in [6.45, 7) is 0. The van der Waals surface area contributed by atoms with E-state index in [0.29, 0.717) is 0 Å². The van der Waals surface area contributed by atoms with Gasteiger partial charge in [-0.15, -0.1) is 0 Å². The maximum absolute atomic E-state index is 14.3. The average Bonchev–Trinajstić information content (AvgIpc) is 2.34. The van der Waals surface area contributed by atoms with Crippen molar-refractivity contribution in [3.05, 3.63) is 33.3 Å². The number of halogens is 14. The van der Waals surface area contributed by atoms with Crippen molar-refractivity contribution in [3.63, 3.8) is 0 Å². The summed E-state index contributed by atoms with van der Waals surface area (Å²) in [5.74, 6) is 0. The zero-order chi connectivity index (χ0) is 20.9. The van der Waals surface area contributed by atoms with Gasteiger partial charge in [-0.2, -0.15) is 39.5 Å². The van der Waals surface area contributed by atoms with E-state index in [1.807, 2.05) is 0 Å². The van der Waals surface area contributed by atoms with Crippen molar-refractivity contribution in [2.75, 3.05) is 0 Å². The van der Waals surface area contributed by atoms with Gasteiger partial charge in [-0.3, -0.25) is 0 Å². The third-order valence-electron chi connectivity index (χ3n) is 2.96. The molecule has 0 aliphatic rings. The minimum atomic E-state index is -6.66. The Balaban J connectivity index is 3.98. The number of alkyl halides is 13. The van der Waals surface area contributed by atoms with E-state index in [1.165, 1.54) is 6.07 Å². The van der Waals surface area contributed by atoms with E-state index in [9.17, 15) is 43.9 Å². The van der Waals surface area contributed by atoms with E-state index in [2.05, 4.69) is 15.9 Å². The molecule has 0 atom stereocenters. The number of hydrogen-bond acceptors (Lipinski definition) is 0. The lowest BCUT2D eigenvalue weighted by atomic mass is 9.87. The van der Waals surface area contributed by atoms with Crippen molar-refractivity contribution in [2.45, 2.75) is 34.4 Å². The van der Waals surface area contributed by atoms with Gasteiger partial charge < -0.3 is 0 Å². The van der Waals surface area contributed by atoms with E-state index in [1.54, 1.807) is 0 Å². The van der Waals surface area contributed by atoms with Gasteiger partial charge in [0.05, 0.1) is 5.56 Å². The van der Waals surface area contributed by atoms with Crippen LogP contribution >= 0.6 is 50.7 Å². The van der Waals surface area contributed by atoms with Crippen LogP contribution in [-0.2, 0) is 18.3 Å². The summed E-state index contributed by atoms with van der Waals surface area (Å²) in [7, 11) is 0. The highest BCUT2D eigenvalue weighted by molar-refractivity contribution is 9.10. The third-order valence-corrected chi connectivity index (χ3v) is 4.04. The van der Waals surface area contributed by atoms with Crippen LogP contribution in [0.2, 0.25) is 0 Å². The molecule has 1 aromatic carbocycles. The molecule has 14 heteroatoms. The maximum Gasteiger partial charge on any atom is 0.435 e. The molecule has 0 spiro atoms. The lowest BCUT2D eigenvalue weighted by Crippen LogP contribution is -2.51. The summed E-state index contributed by atoms with van der Waals surface area (Å²) >= 11 is 18.3. The first-order valence-electron chi connectivity index (χ1n) is 5.93. The van der Waals surface area contributed by atoms with Crippen LogP contribution in [0.4, 0.5) is 43.9 Å². The van der Waals surface area contributed by atoms with Crippen molar-refractivity contribution in [1.29, 1.82) is 0 Å². The number of hydrogen-bond donors (Lipinski definition) is 0. The van der Waals surface area contributed by atoms with Crippen molar-refractivity contribution >= 4 is 50.7 Å². The van der Waals surface area contributed by atoms with Gasteiger partial charge in [0.1, 0.15) is 0 Å². The molecule has 0 N–H and O–H groups in total. The summed E-state index contributed by atoms with van der Waals surface area (Å²) in [5, 5.41) is 0. The molecule has 1 aromatic rings. The predicted octanol–water partition coefficient (Wildman–Crippen LogP) is 7.47. The summed E-state index contributed by atoms with van der Waals surface area (Å²) in [6.07, 6.45) is -20.0. The van der Waals surface area contributed by atoms with Crippen LogP contribution in [0.3, 0.4) is 0 Å². The molecule has 0 saturated heterocycles. The van der Waals surface area contributed by atoms with Crippen molar-refractivity contribution < 1.29 is 43.9 Å². The second-order valence-corrected chi connectivity index (χ2v) is 8.14. The van der Waals surface area contributed by atoms with Gasteiger partial charge in [0.2, 0.25) is 0 Å². The Morgan fingerprint density at radius 3 is 1.58 bits per heavy atom. The van der Waals surface area contributed by atoms with Crippen LogP contribution < -0.4 is 0 Å². The molecule has 0 aromatic heterocycles. The highest BCUT2D eigenvalue weighted by Crippen LogP contribution is 2.56. The number of rotatable bonds is 2. The fourth-order valence-corrected chi connectivity index (χ4v) is 2.85. The fourth-order valence-electron chi connectivity index (χ4n) is 1.88. The second kappa shape index (κ2) is 7.04. The first-order chi connectivity index (χ1) is 11.2. The van der Waals surface area contributed by atoms with Gasteiger partial charge in [-0.25, -0.2) is 4.39 Å². The van der Waals surface area contributed by atoms with Crippen molar-refractivity contribution in [1.82, 2.24) is 0 Å². The topological polar surface area (TPSA) is 0 Å². The van der Waals surface area contributed by atoms with Crippen LogP contribution in [0.5, 0.6) is 0 Å². The third kappa shape index (κ3) is 4.82. The van der Waals surface area contributed by atoms with Crippen molar-refractivity contribution in [2.24, 2.45) is 0 Å². The Hall–Kier alpha value is -0.130. The van der Waals surface area contributed by atoms with E-state index in [0.717, 1.165) is 0 Å². The SMILES string of the molecule is FC(F)(F)c1[c]c(Br)c(CC(Cl)(Cl)Cl)c(C(F)(C(F)(F)F)C(F)(F)F)c1. The molecule has 0 fully saturated rings. The normalized spacial score (nSPS) is 14.7. The van der Waals surface area contributed by atoms with Gasteiger partial charge >= 0.3 is 24.2 Å². The van der Waals surface area contributed by atoms with E-state index >= 15 is 0 Å². The molecule has 0 aliphatic carbocycles. The lowest BCUT2D eigenvalue weighted by Gasteiger charge is -2.33. The lowest BCUT2D eigenvalue weighted by molar-refractivity contribution is -0.349. The molecule has 0 heterocycles. The Morgan fingerprint density at radius 1 is 0.846 bits per heavy atom. The van der Waals surface area contributed by atoms with Crippen molar-refractivity contribution in [3.8, 4) is 0 Å². The standard InChI is InChI=1S/C12H3BrCl3F10/c13-7-2-4(10(18,19)20)1-6(5(7)3-8(14,15)16)9(17,11(21,22)23)12(24,25)26/h1H,3H2. The van der Waals surface area contributed by atoms with Crippen LogP contribution in [0, 0.1) is 6.07 Å². The molecule has 0 nitrogen and oxygen atoms in total. The van der Waals surface area contributed by atoms with E-state index in [-0.39, 0.29) is 0 Å². The molecule has 0 saturated carbocycles. The summed E-state index contributed by atoms with van der Waals surface area (Å²) in [6, 6.07) is 0.813. The first-order valence-corrected chi connectivity index (χ1v) is 7.86. The van der Waals surface area contributed by atoms with Crippen LogP contribution in [0.15, 0.2) is 10.5 Å². The molecular weight excluding hydrogens is 520 g/mol. The summed E-state index contributed by atoms with van der Waals surface area (Å²) in [4.78, 5) is 0. The monoisotopic (exact) mass is 521 g/mol. The van der Waals surface area contributed by atoms with Gasteiger partial charge in [0.25, 0.3) is 0 Å². The molecule has 26 heavy (non-hydrogen) atoms. The number of benzene rings is 1. The Bertz CT molecular complexity index is 658. The highest BCUT2D eigenvalue weighted by Gasteiger charge is 2.74. The van der Waals surface area contributed by atoms with Gasteiger partial charge in [0, 0.05) is 22.5 Å². The molecule has 0 unspecified atom stereocenters. The molecular formula is C12H3BrCl3F10. The van der Waals surface area contributed by atoms with Crippen LogP contribution in [0.1, 0.15) is 16.7 Å². The maximum atomic E-state index is 14.3. The Labute approximate surface area is 162 Å². The Morgan fingerprint density at radius 2 is 1.27 bits per heavy atom. The molecule has 1 radical (unpaired) electrons. The molecule has 0 bridgehead atoms. The minimum Gasteiger partial charge on any atom is -0.218 e. The quantitative estimate of drug-likeness (QED) is 0.279. The van der Waals surface area contributed by atoms with Gasteiger partial charge in [-0.05, 0) is 27.6 Å². The highest BCUT2D eigenvalue weighted by atomic mass is 79.9. The second-order valence-electron chi connectivity index (χ2n) is 4.83. The van der Waals surface area contributed by atoms with Gasteiger partial charge in [-0.1, -0.05) is 34.8 Å². The molecule has 0 amide bonds. The van der Waals surface area contributed by atoms with Crippen LogP contribution in [0.25, 0.3) is 0 Å². The zero-order valence-corrected chi connectivity index (χ0v) is 15.4. The predicted molar refractivity (Wildman–Crippen MR) is 76.9 cm³/mol. The zero-order valence-electron chi connectivity index (χ0n) is 11.6. The minimum absolute atomic E-state index is 0.655. The molecule has 0 aliphatic heterocycles. The summed E-state index contributed by atoms with van der Waals surface area (Å²) < 4.78 is 127. The van der Waals surface area contributed by atoms with Crippen LogP contribution in [-0.4, -0.2) is 16.1 Å². The summed E-state index contributed by atoms with van der Waals surface area (Å²) in [5.41, 5.74) is -11.9. The molecule has 1 rings (SSSR count). The van der Waals surface area contributed by atoms with Gasteiger partial charge in [0.15, 0.2) is 3.79 Å². The fraction of sp³-hybridized carbons (Fsp3) is 0.500. The first kappa shape index (κ1) is 23.9. The smallest absolute Gasteiger partial charge is 0.218 e. The van der Waals surface area contributed by atoms with E-state index < -0.39 is 61.6 Å². The molecule has 149 valence electrons. The largest absolute Gasteiger partial charge is 0.435 e. The van der Waals surface area contributed by atoms with E-state index in [4.69, 9.17) is 34.8 Å². The average molecular weight is 523 g/mol.